The molecule has 1 aliphatic heterocycles. The average Bonchev–Trinajstić information content (AvgIpc) is 2.72. The molecule has 1 aromatic carbocycles. The van der Waals surface area contributed by atoms with Gasteiger partial charge in [0.2, 0.25) is 0 Å². The highest BCUT2D eigenvalue weighted by atomic mass is 16.5. The second-order valence-electron chi connectivity index (χ2n) is 6.78. The lowest BCUT2D eigenvalue weighted by Crippen LogP contribution is -2.37. The number of nitrogens with one attached hydrogen (secondary N) is 2. The van der Waals surface area contributed by atoms with Gasteiger partial charge in [-0.25, -0.2) is 0 Å². The molecule has 7 nitrogen and oxygen atoms in total. The lowest BCUT2D eigenvalue weighted by atomic mass is 9.97. The van der Waals surface area contributed by atoms with Crippen LogP contribution in [0.3, 0.4) is 0 Å². The van der Waals surface area contributed by atoms with Gasteiger partial charge in [0.1, 0.15) is 5.82 Å². The summed E-state index contributed by atoms with van der Waals surface area (Å²) in [6, 6.07) is 12.8. The third-order valence-corrected chi connectivity index (χ3v) is 4.82. The van der Waals surface area contributed by atoms with Crippen molar-refractivity contribution in [3.63, 3.8) is 0 Å². The van der Waals surface area contributed by atoms with Crippen molar-refractivity contribution in [2.75, 3.05) is 50.5 Å². The van der Waals surface area contributed by atoms with Gasteiger partial charge >= 0.3 is 0 Å². The summed E-state index contributed by atoms with van der Waals surface area (Å²) in [6.45, 7) is 4.90. The number of aromatic nitrogens is 2. The Balaban J connectivity index is 1.42. The fourth-order valence-electron chi connectivity index (χ4n) is 3.15. The van der Waals surface area contributed by atoms with Crippen LogP contribution in [-0.2, 0) is 4.74 Å². The highest BCUT2D eigenvalue weighted by molar-refractivity contribution is 6.02. The average molecular weight is 369 g/mol. The zero-order valence-corrected chi connectivity index (χ0v) is 15.7. The van der Waals surface area contributed by atoms with Crippen LogP contribution in [0.25, 0.3) is 0 Å². The van der Waals surface area contributed by atoms with Crippen molar-refractivity contribution in [1.82, 2.24) is 15.1 Å². The lowest BCUT2D eigenvalue weighted by Gasteiger charge is -2.31. The Morgan fingerprint density at radius 2 is 1.93 bits per heavy atom. The maximum Gasteiger partial charge on any atom is 0.276 e. The summed E-state index contributed by atoms with van der Waals surface area (Å²) in [5.74, 6) is 1.07. The molecule has 0 atom stereocenters. The Labute approximate surface area is 160 Å². The van der Waals surface area contributed by atoms with Crippen molar-refractivity contribution in [3.05, 3.63) is 48.2 Å². The minimum Gasteiger partial charge on any atom is -0.383 e. The van der Waals surface area contributed by atoms with Crippen LogP contribution in [0, 0.1) is 5.92 Å². The van der Waals surface area contributed by atoms with E-state index in [4.69, 9.17) is 4.74 Å². The molecule has 0 spiro atoms. The van der Waals surface area contributed by atoms with Crippen molar-refractivity contribution in [1.29, 1.82) is 0 Å². The summed E-state index contributed by atoms with van der Waals surface area (Å²) >= 11 is 0. The number of nitrogens with zero attached hydrogens (tertiary/aromatic N) is 3. The number of ether oxygens (including phenoxy) is 1. The molecule has 144 valence electrons. The van der Waals surface area contributed by atoms with Gasteiger partial charge in [0.05, 0.1) is 6.61 Å². The van der Waals surface area contributed by atoms with Crippen LogP contribution in [0.1, 0.15) is 23.3 Å². The monoisotopic (exact) mass is 369 g/mol. The second kappa shape index (κ2) is 9.99. The molecule has 2 aromatic rings. The smallest absolute Gasteiger partial charge is 0.276 e. The molecule has 27 heavy (non-hydrogen) atoms. The number of hydrogen-bond acceptors (Lipinski definition) is 6. The molecule has 3 rings (SSSR count). The number of rotatable bonds is 8. The Bertz CT molecular complexity index is 700. The fraction of sp³-hybridized carbons (Fsp3) is 0.450. The molecule has 0 saturated carbocycles. The highest BCUT2D eigenvalue weighted by Crippen LogP contribution is 2.17. The molecule has 0 radical (unpaired) electrons. The van der Waals surface area contributed by atoms with Crippen molar-refractivity contribution < 1.29 is 9.53 Å². The van der Waals surface area contributed by atoms with Gasteiger partial charge in [0.25, 0.3) is 5.91 Å². The number of methoxy groups -OCH3 is 1. The molecule has 7 heteroatoms. The molecular formula is C20H27N5O2. The van der Waals surface area contributed by atoms with Gasteiger partial charge in [-0.3, -0.25) is 4.79 Å². The van der Waals surface area contributed by atoms with Crippen LogP contribution in [0.4, 0.5) is 11.5 Å². The highest BCUT2D eigenvalue weighted by Gasteiger charge is 2.18. The van der Waals surface area contributed by atoms with Crippen molar-refractivity contribution in [2.24, 2.45) is 5.92 Å². The molecule has 0 bridgehead atoms. The molecule has 1 aliphatic rings. The molecule has 2 heterocycles. The summed E-state index contributed by atoms with van der Waals surface area (Å²) in [4.78, 5) is 14.6. The van der Waals surface area contributed by atoms with Crippen LogP contribution in [0.5, 0.6) is 0 Å². The summed E-state index contributed by atoms with van der Waals surface area (Å²) in [5.41, 5.74) is 1.04. The van der Waals surface area contributed by atoms with Gasteiger partial charge in [0.15, 0.2) is 5.69 Å². The van der Waals surface area contributed by atoms with Crippen LogP contribution >= 0.6 is 0 Å². The summed E-state index contributed by atoms with van der Waals surface area (Å²) < 4.78 is 5.14. The van der Waals surface area contributed by atoms with Gasteiger partial charge in [-0.1, -0.05) is 18.2 Å². The third-order valence-electron chi connectivity index (χ3n) is 4.82. The van der Waals surface area contributed by atoms with E-state index in [0.29, 0.717) is 17.4 Å². The van der Waals surface area contributed by atoms with Crippen LogP contribution in [-0.4, -0.2) is 60.9 Å². The van der Waals surface area contributed by atoms with Gasteiger partial charge in [-0.15, -0.1) is 10.2 Å². The van der Waals surface area contributed by atoms with Crippen molar-refractivity contribution >= 4 is 17.4 Å². The van der Waals surface area contributed by atoms with E-state index in [-0.39, 0.29) is 5.91 Å². The molecule has 2 N–H and O–H groups in total. The van der Waals surface area contributed by atoms with Gasteiger partial charge < -0.3 is 20.3 Å². The number of likely N-dealkylation sites (tertiary alicyclic amines) is 1. The topological polar surface area (TPSA) is 79.4 Å². The summed E-state index contributed by atoms with van der Waals surface area (Å²) in [6.07, 6.45) is 2.34. The number of benzene rings is 1. The third kappa shape index (κ3) is 6.01. The second-order valence-corrected chi connectivity index (χ2v) is 6.78. The first-order chi connectivity index (χ1) is 13.2. The Morgan fingerprint density at radius 3 is 2.59 bits per heavy atom. The first-order valence-electron chi connectivity index (χ1n) is 9.40. The quantitative estimate of drug-likeness (QED) is 0.744. The summed E-state index contributed by atoms with van der Waals surface area (Å²) in [7, 11) is 1.74. The first-order valence-corrected chi connectivity index (χ1v) is 9.40. The minimum absolute atomic E-state index is 0.260. The SMILES string of the molecule is COCCN1CCC(CNc2ccc(C(=O)Nc3ccccc3)nn2)CC1. The van der Waals surface area contributed by atoms with E-state index in [2.05, 4.69) is 25.7 Å². The number of carbonyl (C=O) groups excluding carboxylic acids is 1. The molecule has 1 fully saturated rings. The van der Waals surface area contributed by atoms with E-state index in [0.717, 1.165) is 38.5 Å². The van der Waals surface area contributed by atoms with E-state index < -0.39 is 0 Å². The molecule has 0 aliphatic carbocycles. The van der Waals surface area contributed by atoms with Gasteiger partial charge in [0, 0.05) is 25.9 Å². The largest absolute Gasteiger partial charge is 0.383 e. The van der Waals surface area contributed by atoms with Crippen molar-refractivity contribution in [3.8, 4) is 0 Å². The van der Waals surface area contributed by atoms with E-state index in [1.807, 2.05) is 30.3 Å². The predicted molar refractivity (Wildman–Crippen MR) is 106 cm³/mol. The zero-order chi connectivity index (χ0) is 18.9. The number of anilines is 2. The molecule has 1 aromatic heterocycles. The minimum atomic E-state index is -0.260. The zero-order valence-electron chi connectivity index (χ0n) is 15.7. The maximum absolute atomic E-state index is 12.2. The number of piperidine rings is 1. The maximum atomic E-state index is 12.2. The van der Waals surface area contributed by atoms with Crippen LogP contribution in [0.15, 0.2) is 42.5 Å². The number of carbonyl (C=O) groups is 1. The normalized spacial score (nSPS) is 15.4. The fourth-order valence-corrected chi connectivity index (χ4v) is 3.15. The number of para-hydroxylation sites is 1. The molecule has 1 saturated heterocycles. The van der Waals surface area contributed by atoms with Crippen molar-refractivity contribution in [2.45, 2.75) is 12.8 Å². The molecular weight excluding hydrogens is 342 g/mol. The summed E-state index contributed by atoms with van der Waals surface area (Å²) in [5, 5.41) is 14.3. The van der Waals surface area contributed by atoms with Gasteiger partial charge in [-0.05, 0) is 56.1 Å². The van der Waals surface area contributed by atoms with Crippen LogP contribution in [0.2, 0.25) is 0 Å². The number of hydrogen-bond donors (Lipinski definition) is 2. The van der Waals surface area contributed by atoms with E-state index in [1.165, 1.54) is 12.8 Å². The van der Waals surface area contributed by atoms with E-state index in [1.54, 1.807) is 19.2 Å². The molecule has 1 amide bonds. The van der Waals surface area contributed by atoms with Crippen LogP contribution < -0.4 is 10.6 Å². The van der Waals surface area contributed by atoms with E-state index in [9.17, 15) is 4.79 Å². The Hall–Kier alpha value is -2.51. The van der Waals surface area contributed by atoms with E-state index >= 15 is 0 Å². The number of amides is 1. The molecule has 0 unspecified atom stereocenters. The lowest BCUT2D eigenvalue weighted by molar-refractivity contribution is 0.102. The predicted octanol–water partition coefficient (Wildman–Crippen LogP) is 2.50. The van der Waals surface area contributed by atoms with Gasteiger partial charge in [-0.2, -0.15) is 0 Å². The standard InChI is InChI=1S/C20H27N5O2/c1-27-14-13-25-11-9-16(10-12-25)15-21-19-8-7-18(23-24-19)20(26)22-17-5-3-2-4-6-17/h2-8,16H,9-15H2,1H3,(H,21,24)(H,22,26). The first kappa shape index (κ1) is 19.3. The Morgan fingerprint density at radius 1 is 1.15 bits per heavy atom. The Kier molecular flexibility index (Phi) is 7.12.